The number of amides is 2. The summed E-state index contributed by atoms with van der Waals surface area (Å²) in [5.41, 5.74) is 1.14. The summed E-state index contributed by atoms with van der Waals surface area (Å²) in [6, 6.07) is 5.86. The van der Waals surface area contributed by atoms with E-state index in [1.165, 1.54) is 12.3 Å². The van der Waals surface area contributed by atoms with Gasteiger partial charge >= 0.3 is 12.1 Å². The van der Waals surface area contributed by atoms with Gasteiger partial charge < -0.3 is 19.8 Å². The van der Waals surface area contributed by atoms with Crippen molar-refractivity contribution >= 4 is 17.8 Å². The molecule has 2 heterocycles. The van der Waals surface area contributed by atoms with Crippen molar-refractivity contribution in [2.75, 3.05) is 13.2 Å². The Morgan fingerprint density at radius 2 is 1.91 bits per heavy atom. The number of ether oxygens (including phenoxy) is 1. The highest BCUT2D eigenvalue weighted by Gasteiger charge is 2.37. The number of esters is 1. The van der Waals surface area contributed by atoms with E-state index in [0.717, 1.165) is 6.92 Å². The van der Waals surface area contributed by atoms with E-state index in [-0.39, 0.29) is 30.5 Å². The molecule has 1 aromatic carbocycles. The first kappa shape index (κ1) is 24.5. The third kappa shape index (κ3) is 5.99. The minimum Gasteiger partial charge on any atom is -0.465 e. The molecule has 0 saturated carbocycles. The number of rotatable bonds is 8. The lowest BCUT2D eigenvalue weighted by atomic mass is 10.1. The molecule has 0 bridgehead atoms. The summed E-state index contributed by atoms with van der Waals surface area (Å²) in [5, 5.41) is 10.6. The Hall–Kier alpha value is -4.16. The highest BCUT2D eigenvalue weighted by molar-refractivity contribution is 5.94. The van der Waals surface area contributed by atoms with Gasteiger partial charge in [-0.15, -0.1) is 0 Å². The quantitative estimate of drug-likeness (QED) is 0.422. The van der Waals surface area contributed by atoms with Crippen LogP contribution in [0.4, 0.5) is 13.2 Å². The number of carbonyl (C=O) groups is 3. The third-order valence-electron chi connectivity index (χ3n) is 4.49. The second-order valence-electron chi connectivity index (χ2n) is 7.00. The predicted octanol–water partition coefficient (Wildman–Crippen LogP) is 2.71. The fourth-order valence-electron chi connectivity index (χ4n) is 2.72. The van der Waals surface area contributed by atoms with Crippen LogP contribution in [0.5, 0.6) is 0 Å². The van der Waals surface area contributed by atoms with Crippen molar-refractivity contribution in [1.82, 2.24) is 25.8 Å². The minimum atomic E-state index is -4.57. The lowest BCUT2D eigenvalue weighted by Crippen LogP contribution is -2.43. The molecule has 0 fully saturated rings. The molecule has 3 aromatic rings. The summed E-state index contributed by atoms with van der Waals surface area (Å²) in [4.78, 5) is 39.6. The zero-order valence-electron chi connectivity index (χ0n) is 18.0. The summed E-state index contributed by atoms with van der Waals surface area (Å²) in [6.07, 6.45) is -3.38. The number of hydrogen-bond acceptors (Lipinski definition) is 7. The highest BCUT2D eigenvalue weighted by Crippen LogP contribution is 2.26. The molecular formula is C21H20F3N5O5. The average Bonchev–Trinajstić information content (AvgIpc) is 3.47. The van der Waals surface area contributed by atoms with Crippen molar-refractivity contribution in [2.45, 2.75) is 26.1 Å². The molecule has 1 unspecified atom stereocenters. The molecule has 3 rings (SSSR count). The molecule has 0 aliphatic carbocycles. The average molecular weight is 479 g/mol. The van der Waals surface area contributed by atoms with E-state index >= 15 is 0 Å². The number of aromatic nitrogens is 3. The second-order valence-corrected chi connectivity index (χ2v) is 7.00. The molecule has 3 N–H and O–H groups in total. The molecule has 0 aliphatic heterocycles. The number of nitrogens with one attached hydrogen (secondary N) is 3. The van der Waals surface area contributed by atoms with Crippen molar-refractivity contribution in [3.63, 3.8) is 0 Å². The summed E-state index contributed by atoms with van der Waals surface area (Å²) in [7, 11) is 0. The van der Waals surface area contributed by atoms with Crippen molar-refractivity contribution in [3.8, 4) is 22.7 Å². The van der Waals surface area contributed by atoms with Gasteiger partial charge in [-0.25, -0.2) is 4.98 Å². The normalized spacial score (nSPS) is 12.1. The standard InChI is InChI=1S/C21H20F3N5O5/c1-3-33-17(30)10-25-19(32)16-9-26-20(34-16)13-6-4-5-12(7-13)14-8-15(29-28-14)18(31)27-11(2)21(22,23)24/h4-9,11H,3,10H2,1-2H3,(H,25,32)(H,27,31)(H,28,29). The molecule has 1 atom stereocenters. The number of hydrogen-bond donors (Lipinski definition) is 3. The van der Waals surface area contributed by atoms with Crippen LogP contribution in [0.1, 0.15) is 34.9 Å². The second kappa shape index (κ2) is 10.2. The maximum atomic E-state index is 12.7. The van der Waals surface area contributed by atoms with Gasteiger partial charge in [0, 0.05) is 11.1 Å². The van der Waals surface area contributed by atoms with Crippen LogP contribution in [0.3, 0.4) is 0 Å². The van der Waals surface area contributed by atoms with Crippen LogP contribution in [0.2, 0.25) is 0 Å². The van der Waals surface area contributed by atoms with Crippen molar-refractivity contribution in [2.24, 2.45) is 0 Å². The van der Waals surface area contributed by atoms with Crippen molar-refractivity contribution in [1.29, 1.82) is 0 Å². The van der Waals surface area contributed by atoms with Gasteiger partial charge in [0.1, 0.15) is 18.3 Å². The Labute approximate surface area is 190 Å². The van der Waals surface area contributed by atoms with Crippen molar-refractivity contribution in [3.05, 3.63) is 48.0 Å². The van der Waals surface area contributed by atoms with Gasteiger partial charge in [-0.05, 0) is 32.0 Å². The SMILES string of the molecule is CCOC(=O)CNC(=O)c1cnc(-c2cccc(-c3cc(C(=O)NC(C)C(F)(F)F)[nH]n3)c2)o1. The molecule has 0 spiro atoms. The lowest BCUT2D eigenvalue weighted by molar-refractivity contribution is -0.149. The van der Waals surface area contributed by atoms with Gasteiger partial charge in [0.05, 0.1) is 18.5 Å². The van der Waals surface area contributed by atoms with Crippen LogP contribution in [-0.4, -0.2) is 58.3 Å². The van der Waals surface area contributed by atoms with Crippen LogP contribution >= 0.6 is 0 Å². The first-order valence-corrected chi connectivity index (χ1v) is 10.0. The Morgan fingerprint density at radius 1 is 1.18 bits per heavy atom. The van der Waals surface area contributed by atoms with Gasteiger partial charge in [0.25, 0.3) is 11.8 Å². The summed E-state index contributed by atoms with van der Waals surface area (Å²) in [6.45, 7) is 2.34. The number of carbonyl (C=O) groups excluding carboxylic acids is 3. The zero-order chi connectivity index (χ0) is 24.9. The molecule has 13 heteroatoms. The van der Waals surface area contributed by atoms with E-state index in [4.69, 9.17) is 9.15 Å². The predicted molar refractivity (Wildman–Crippen MR) is 111 cm³/mol. The van der Waals surface area contributed by atoms with Gasteiger partial charge in [0.2, 0.25) is 11.7 Å². The van der Waals surface area contributed by atoms with E-state index < -0.39 is 30.0 Å². The summed E-state index contributed by atoms with van der Waals surface area (Å²) in [5.74, 6) is -2.22. The van der Waals surface area contributed by atoms with Gasteiger partial charge in [-0.3, -0.25) is 19.5 Å². The molecule has 2 amide bonds. The smallest absolute Gasteiger partial charge is 0.408 e. The Morgan fingerprint density at radius 3 is 2.62 bits per heavy atom. The fraction of sp³-hybridized carbons (Fsp3) is 0.286. The zero-order valence-corrected chi connectivity index (χ0v) is 18.0. The maximum Gasteiger partial charge on any atom is 0.408 e. The minimum absolute atomic E-state index is 0.107. The molecule has 0 aliphatic rings. The molecule has 0 radical (unpaired) electrons. The Kier molecular flexibility index (Phi) is 7.34. The summed E-state index contributed by atoms with van der Waals surface area (Å²) >= 11 is 0. The first-order chi connectivity index (χ1) is 16.1. The van der Waals surface area contributed by atoms with Crippen LogP contribution in [-0.2, 0) is 9.53 Å². The summed E-state index contributed by atoms with van der Waals surface area (Å²) < 4.78 is 48.2. The first-order valence-electron chi connectivity index (χ1n) is 10.0. The molecule has 180 valence electrons. The fourth-order valence-corrected chi connectivity index (χ4v) is 2.72. The van der Waals surface area contributed by atoms with E-state index in [0.29, 0.717) is 16.8 Å². The highest BCUT2D eigenvalue weighted by atomic mass is 19.4. The van der Waals surface area contributed by atoms with Crippen molar-refractivity contribution < 1.29 is 36.7 Å². The number of oxazole rings is 1. The molecule has 2 aromatic heterocycles. The molecule has 34 heavy (non-hydrogen) atoms. The van der Waals surface area contributed by atoms with E-state index in [1.54, 1.807) is 31.2 Å². The third-order valence-corrected chi connectivity index (χ3v) is 4.49. The topological polar surface area (TPSA) is 139 Å². The molecule has 0 saturated heterocycles. The maximum absolute atomic E-state index is 12.7. The van der Waals surface area contributed by atoms with Crippen LogP contribution in [0, 0.1) is 0 Å². The number of halogens is 3. The Balaban J connectivity index is 1.71. The van der Waals surface area contributed by atoms with Crippen LogP contribution < -0.4 is 10.6 Å². The number of nitrogens with zero attached hydrogens (tertiary/aromatic N) is 2. The van der Waals surface area contributed by atoms with Gasteiger partial charge in [-0.1, -0.05) is 12.1 Å². The lowest BCUT2D eigenvalue weighted by Gasteiger charge is -2.16. The number of alkyl halides is 3. The largest absolute Gasteiger partial charge is 0.465 e. The van der Waals surface area contributed by atoms with Gasteiger partial charge in [0.15, 0.2) is 0 Å². The van der Waals surface area contributed by atoms with Crippen LogP contribution in [0.15, 0.2) is 40.9 Å². The van der Waals surface area contributed by atoms with Crippen LogP contribution in [0.25, 0.3) is 22.7 Å². The molecule has 10 nitrogen and oxygen atoms in total. The number of H-pyrrole nitrogens is 1. The monoisotopic (exact) mass is 479 g/mol. The Bertz CT molecular complexity index is 1190. The van der Waals surface area contributed by atoms with E-state index in [1.807, 2.05) is 5.32 Å². The molecular weight excluding hydrogens is 459 g/mol. The van der Waals surface area contributed by atoms with E-state index in [9.17, 15) is 27.6 Å². The van der Waals surface area contributed by atoms with E-state index in [2.05, 4.69) is 20.5 Å². The van der Waals surface area contributed by atoms with Gasteiger partial charge in [-0.2, -0.15) is 18.3 Å². The number of benzene rings is 1. The number of aromatic amines is 1.